The Bertz CT molecular complexity index is 793. The van der Waals surface area contributed by atoms with Crippen LogP contribution in [0.1, 0.15) is 17.3 Å². The van der Waals surface area contributed by atoms with E-state index in [-0.39, 0.29) is 6.17 Å². The molecule has 4 heteroatoms. The summed E-state index contributed by atoms with van der Waals surface area (Å²) in [5.74, 6) is 1.32. The average Bonchev–Trinajstić information content (AvgIpc) is 2.54. The monoisotopic (exact) mass is 294 g/mol. The molecule has 0 amide bonds. The van der Waals surface area contributed by atoms with Crippen LogP contribution in [0.3, 0.4) is 0 Å². The van der Waals surface area contributed by atoms with Crippen molar-refractivity contribution in [3.63, 3.8) is 0 Å². The van der Waals surface area contributed by atoms with E-state index >= 15 is 0 Å². The molecule has 0 fully saturated rings. The minimum absolute atomic E-state index is 0.351. The average molecular weight is 295 g/mol. The first-order valence-corrected chi connectivity index (χ1v) is 7.04. The molecular formula is C17H11ClN2O. The number of nitrogens with zero attached hydrogens (tertiary/aromatic N) is 2. The quantitative estimate of drug-likeness (QED) is 0.775. The van der Waals surface area contributed by atoms with E-state index < -0.39 is 0 Å². The number of halogens is 1. The van der Waals surface area contributed by atoms with Gasteiger partial charge in [0.2, 0.25) is 5.90 Å². The van der Waals surface area contributed by atoms with Gasteiger partial charge in [0.1, 0.15) is 10.9 Å². The van der Waals surface area contributed by atoms with Crippen molar-refractivity contribution in [1.82, 2.24) is 0 Å². The molecule has 0 bridgehead atoms. The van der Waals surface area contributed by atoms with E-state index in [4.69, 9.17) is 16.3 Å². The van der Waals surface area contributed by atoms with E-state index in [0.29, 0.717) is 11.1 Å². The highest BCUT2D eigenvalue weighted by Gasteiger charge is 2.27. The second-order valence-electron chi connectivity index (χ2n) is 4.84. The Kier molecular flexibility index (Phi) is 2.86. The highest BCUT2D eigenvalue weighted by atomic mass is 35.5. The first-order chi connectivity index (χ1) is 10.3. The van der Waals surface area contributed by atoms with Gasteiger partial charge in [-0.2, -0.15) is 0 Å². The van der Waals surface area contributed by atoms with Crippen molar-refractivity contribution in [2.45, 2.75) is 6.17 Å². The van der Waals surface area contributed by atoms with Gasteiger partial charge in [-0.15, -0.1) is 0 Å². The second kappa shape index (κ2) is 4.86. The molecular weight excluding hydrogens is 284 g/mol. The Morgan fingerprint density at radius 1 is 0.905 bits per heavy atom. The van der Waals surface area contributed by atoms with Crippen LogP contribution < -0.4 is 4.74 Å². The van der Waals surface area contributed by atoms with Crippen molar-refractivity contribution in [2.24, 2.45) is 9.98 Å². The molecule has 2 aromatic carbocycles. The molecule has 0 aliphatic carbocycles. The summed E-state index contributed by atoms with van der Waals surface area (Å²) in [5.41, 5.74) is 2.71. The SMILES string of the molecule is ClC1=NC(c2ccccc2)N=C2Oc3ccccc3C=C12. The third-order valence-electron chi connectivity index (χ3n) is 3.45. The maximum Gasteiger partial charge on any atom is 0.227 e. The van der Waals surface area contributed by atoms with Gasteiger partial charge in [0.25, 0.3) is 0 Å². The van der Waals surface area contributed by atoms with Gasteiger partial charge in [-0.1, -0.05) is 60.1 Å². The Balaban J connectivity index is 1.79. The molecule has 2 aromatic rings. The van der Waals surface area contributed by atoms with Crippen molar-refractivity contribution in [3.8, 4) is 5.75 Å². The number of hydrogen-bond donors (Lipinski definition) is 0. The summed E-state index contributed by atoms with van der Waals surface area (Å²) in [6.45, 7) is 0. The molecule has 21 heavy (non-hydrogen) atoms. The fourth-order valence-electron chi connectivity index (χ4n) is 2.40. The van der Waals surface area contributed by atoms with E-state index in [1.165, 1.54) is 0 Å². The summed E-state index contributed by atoms with van der Waals surface area (Å²) in [6.07, 6.45) is 1.61. The molecule has 2 heterocycles. The van der Waals surface area contributed by atoms with E-state index in [1.807, 2.05) is 60.7 Å². The van der Waals surface area contributed by atoms with E-state index in [9.17, 15) is 0 Å². The van der Waals surface area contributed by atoms with Gasteiger partial charge < -0.3 is 4.74 Å². The zero-order valence-electron chi connectivity index (χ0n) is 11.0. The van der Waals surface area contributed by atoms with Crippen molar-refractivity contribution >= 4 is 28.7 Å². The second-order valence-corrected chi connectivity index (χ2v) is 5.19. The summed E-state index contributed by atoms with van der Waals surface area (Å²) in [4.78, 5) is 9.03. The number of benzene rings is 2. The highest BCUT2D eigenvalue weighted by Crippen LogP contribution is 2.33. The van der Waals surface area contributed by atoms with Gasteiger partial charge in [-0.25, -0.2) is 9.98 Å². The zero-order valence-corrected chi connectivity index (χ0v) is 11.8. The normalized spacial score (nSPS) is 19.5. The first-order valence-electron chi connectivity index (χ1n) is 6.66. The molecule has 102 valence electrons. The maximum absolute atomic E-state index is 6.32. The van der Waals surface area contributed by atoms with Gasteiger partial charge >= 0.3 is 0 Å². The van der Waals surface area contributed by atoms with Crippen molar-refractivity contribution < 1.29 is 4.74 Å². The Hall–Kier alpha value is -2.39. The van der Waals surface area contributed by atoms with Crippen molar-refractivity contribution in [3.05, 3.63) is 71.3 Å². The largest absolute Gasteiger partial charge is 0.438 e. The summed E-state index contributed by atoms with van der Waals surface area (Å²) in [7, 11) is 0. The van der Waals surface area contributed by atoms with Crippen LogP contribution in [-0.2, 0) is 0 Å². The number of rotatable bonds is 1. The fraction of sp³-hybridized carbons (Fsp3) is 0.0588. The predicted molar refractivity (Wildman–Crippen MR) is 85.0 cm³/mol. The lowest BCUT2D eigenvalue weighted by Gasteiger charge is -2.23. The van der Waals surface area contributed by atoms with Crippen molar-refractivity contribution in [2.75, 3.05) is 0 Å². The molecule has 1 atom stereocenters. The third-order valence-corrected chi connectivity index (χ3v) is 3.75. The lowest BCUT2D eigenvalue weighted by atomic mass is 10.1. The smallest absolute Gasteiger partial charge is 0.227 e. The van der Waals surface area contributed by atoms with E-state index in [1.54, 1.807) is 0 Å². The van der Waals surface area contributed by atoms with Crippen LogP contribution in [0.2, 0.25) is 0 Å². The van der Waals surface area contributed by atoms with Crippen LogP contribution in [0.15, 0.2) is 70.2 Å². The molecule has 2 aliphatic heterocycles. The molecule has 0 saturated carbocycles. The van der Waals surface area contributed by atoms with Gasteiger partial charge in [0.05, 0.1) is 5.57 Å². The summed E-state index contributed by atoms with van der Waals surface area (Å²) in [5, 5.41) is 0.434. The van der Waals surface area contributed by atoms with Gasteiger partial charge in [-0.3, -0.25) is 0 Å². The number of fused-ring (bicyclic) bond motifs is 2. The maximum atomic E-state index is 6.32. The predicted octanol–water partition coefficient (Wildman–Crippen LogP) is 4.21. The van der Waals surface area contributed by atoms with Gasteiger partial charge in [0, 0.05) is 5.56 Å². The van der Waals surface area contributed by atoms with Crippen molar-refractivity contribution in [1.29, 1.82) is 0 Å². The molecule has 0 aromatic heterocycles. The number of aliphatic imine (C=N–C) groups is 2. The highest BCUT2D eigenvalue weighted by molar-refractivity contribution is 6.73. The molecule has 0 spiro atoms. The van der Waals surface area contributed by atoms with Gasteiger partial charge in [-0.05, 0) is 17.7 Å². The lowest BCUT2D eigenvalue weighted by Crippen LogP contribution is -2.24. The standard InChI is InChI=1S/C17H11ClN2O/c18-15-13-10-12-8-4-5-9-14(12)21-17(13)20-16(19-15)11-6-2-1-3-7-11/h1-10,16H. The van der Waals surface area contributed by atoms with Crippen LogP contribution >= 0.6 is 11.6 Å². The Morgan fingerprint density at radius 3 is 2.52 bits per heavy atom. The zero-order chi connectivity index (χ0) is 14.2. The summed E-state index contributed by atoms with van der Waals surface area (Å²) >= 11 is 6.32. The first kappa shape index (κ1) is 12.4. The summed E-state index contributed by atoms with van der Waals surface area (Å²) < 4.78 is 5.87. The molecule has 1 unspecified atom stereocenters. The topological polar surface area (TPSA) is 34.0 Å². The minimum Gasteiger partial charge on any atom is -0.438 e. The van der Waals surface area contributed by atoms with Crippen LogP contribution in [-0.4, -0.2) is 11.1 Å². The molecule has 0 saturated heterocycles. The molecule has 0 radical (unpaired) electrons. The number of hydrogen-bond acceptors (Lipinski definition) is 3. The van der Waals surface area contributed by atoms with Crippen LogP contribution in [0.5, 0.6) is 5.75 Å². The van der Waals surface area contributed by atoms with Gasteiger partial charge in [0.15, 0.2) is 6.17 Å². The van der Waals surface area contributed by atoms with Crippen LogP contribution in [0.25, 0.3) is 6.08 Å². The third kappa shape index (κ3) is 2.16. The molecule has 3 nitrogen and oxygen atoms in total. The summed E-state index contributed by atoms with van der Waals surface area (Å²) in [6, 6.07) is 17.6. The van der Waals surface area contributed by atoms with E-state index in [0.717, 1.165) is 22.4 Å². The molecule has 0 N–H and O–H groups in total. The lowest BCUT2D eigenvalue weighted by molar-refractivity contribution is 0.534. The number of ether oxygens (including phenoxy) is 1. The van der Waals surface area contributed by atoms with Crippen LogP contribution in [0, 0.1) is 0 Å². The molecule has 2 aliphatic rings. The van der Waals surface area contributed by atoms with E-state index in [2.05, 4.69) is 9.98 Å². The van der Waals surface area contributed by atoms with Crippen LogP contribution in [0.4, 0.5) is 0 Å². The fourth-order valence-corrected chi connectivity index (χ4v) is 2.63. The Morgan fingerprint density at radius 2 is 1.67 bits per heavy atom. The Labute approximate surface area is 127 Å². The number of para-hydroxylation sites is 1. The minimum atomic E-state index is -0.351. The molecule has 4 rings (SSSR count).